The van der Waals surface area contributed by atoms with Gasteiger partial charge in [0.25, 0.3) is 10.0 Å². The molecule has 0 saturated carbocycles. The van der Waals surface area contributed by atoms with E-state index in [9.17, 15) is 13.2 Å². The minimum atomic E-state index is -3.77. The molecular weight excluding hydrogens is 360 g/mol. The molecule has 112 valence electrons. The first-order valence-corrected chi connectivity index (χ1v) is 8.14. The van der Waals surface area contributed by atoms with Crippen LogP contribution in [0.5, 0.6) is 0 Å². The standard InChI is InChI=1S/C13H13BrN2O4S/c1-16-8-11(7-12(16)13(17)20-2)21(18,19)15-10-5-3-4-9(14)6-10/h3-8,15H,1-2H3. The molecule has 0 unspecified atom stereocenters. The van der Waals surface area contributed by atoms with Crippen LogP contribution in [0.15, 0.2) is 45.9 Å². The Morgan fingerprint density at radius 2 is 2.05 bits per heavy atom. The number of halogens is 1. The second kappa shape index (κ2) is 5.90. The number of nitrogens with one attached hydrogen (secondary N) is 1. The maximum atomic E-state index is 12.3. The minimum Gasteiger partial charge on any atom is -0.464 e. The van der Waals surface area contributed by atoms with Crippen LogP contribution in [0.25, 0.3) is 0 Å². The molecule has 0 spiro atoms. The van der Waals surface area contributed by atoms with Gasteiger partial charge in [-0.15, -0.1) is 0 Å². The van der Waals surface area contributed by atoms with Crippen molar-refractivity contribution in [2.75, 3.05) is 11.8 Å². The monoisotopic (exact) mass is 372 g/mol. The van der Waals surface area contributed by atoms with E-state index < -0.39 is 16.0 Å². The topological polar surface area (TPSA) is 77.4 Å². The van der Waals surface area contributed by atoms with Crippen molar-refractivity contribution >= 4 is 37.6 Å². The van der Waals surface area contributed by atoms with Crippen molar-refractivity contribution in [3.05, 3.63) is 46.7 Å². The number of ether oxygens (including phenoxy) is 1. The van der Waals surface area contributed by atoms with Gasteiger partial charge < -0.3 is 9.30 Å². The van der Waals surface area contributed by atoms with Crippen molar-refractivity contribution in [1.29, 1.82) is 0 Å². The van der Waals surface area contributed by atoms with E-state index in [4.69, 9.17) is 0 Å². The van der Waals surface area contributed by atoms with Crippen LogP contribution < -0.4 is 4.72 Å². The Bertz CT molecular complexity index is 783. The summed E-state index contributed by atoms with van der Waals surface area (Å²) in [6, 6.07) is 8.04. The molecule has 2 rings (SSSR count). The summed E-state index contributed by atoms with van der Waals surface area (Å²) in [4.78, 5) is 11.5. The van der Waals surface area contributed by atoms with Crippen molar-refractivity contribution in [2.45, 2.75) is 4.90 Å². The van der Waals surface area contributed by atoms with Gasteiger partial charge in [0.1, 0.15) is 10.6 Å². The molecule has 2 aromatic rings. The number of hydrogen-bond acceptors (Lipinski definition) is 4. The number of methoxy groups -OCH3 is 1. The Labute approximate surface area is 130 Å². The first kappa shape index (κ1) is 15.6. The number of sulfonamides is 1. The Kier molecular flexibility index (Phi) is 4.38. The molecule has 1 heterocycles. The van der Waals surface area contributed by atoms with Gasteiger partial charge in [0, 0.05) is 23.4 Å². The molecule has 0 amide bonds. The van der Waals surface area contributed by atoms with Crippen molar-refractivity contribution in [1.82, 2.24) is 4.57 Å². The van der Waals surface area contributed by atoms with E-state index in [-0.39, 0.29) is 10.6 Å². The van der Waals surface area contributed by atoms with Gasteiger partial charge in [-0.25, -0.2) is 13.2 Å². The summed E-state index contributed by atoms with van der Waals surface area (Å²) in [5, 5.41) is 0. The maximum absolute atomic E-state index is 12.3. The Balaban J connectivity index is 2.34. The van der Waals surface area contributed by atoms with E-state index in [0.717, 1.165) is 4.47 Å². The highest BCUT2D eigenvalue weighted by atomic mass is 79.9. The summed E-state index contributed by atoms with van der Waals surface area (Å²) in [5.41, 5.74) is 0.583. The van der Waals surface area contributed by atoms with Crippen LogP contribution in [0.2, 0.25) is 0 Å². The molecule has 1 aromatic heterocycles. The summed E-state index contributed by atoms with van der Waals surface area (Å²) >= 11 is 3.27. The molecule has 0 aliphatic rings. The largest absolute Gasteiger partial charge is 0.464 e. The summed E-state index contributed by atoms with van der Waals surface area (Å²) in [5.74, 6) is -0.596. The van der Waals surface area contributed by atoms with Crippen LogP contribution in [-0.4, -0.2) is 26.1 Å². The first-order chi connectivity index (χ1) is 9.83. The predicted octanol–water partition coefficient (Wildman–Crippen LogP) is 2.38. The smallest absolute Gasteiger partial charge is 0.354 e. The van der Waals surface area contributed by atoms with E-state index in [1.165, 1.54) is 23.9 Å². The van der Waals surface area contributed by atoms with Gasteiger partial charge in [0.05, 0.1) is 7.11 Å². The van der Waals surface area contributed by atoms with Gasteiger partial charge in [-0.05, 0) is 24.3 Å². The highest BCUT2D eigenvalue weighted by molar-refractivity contribution is 9.10. The molecule has 0 bridgehead atoms. The third-order valence-electron chi connectivity index (χ3n) is 2.76. The van der Waals surface area contributed by atoms with Crippen molar-refractivity contribution in [2.24, 2.45) is 7.05 Å². The van der Waals surface area contributed by atoms with Crippen LogP contribution in [-0.2, 0) is 21.8 Å². The van der Waals surface area contributed by atoms with Crippen LogP contribution in [0.1, 0.15) is 10.5 Å². The molecule has 0 aliphatic heterocycles. The normalized spacial score (nSPS) is 11.2. The molecule has 21 heavy (non-hydrogen) atoms. The van der Waals surface area contributed by atoms with Crippen LogP contribution in [0, 0.1) is 0 Å². The maximum Gasteiger partial charge on any atom is 0.354 e. The lowest BCUT2D eigenvalue weighted by Crippen LogP contribution is -2.12. The number of aryl methyl sites for hydroxylation is 1. The predicted molar refractivity (Wildman–Crippen MR) is 81.7 cm³/mol. The van der Waals surface area contributed by atoms with Gasteiger partial charge in [0.15, 0.2) is 0 Å². The Hall–Kier alpha value is -1.80. The Morgan fingerprint density at radius 1 is 1.33 bits per heavy atom. The number of rotatable bonds is 4. The van der Waals surface area contributed by atoms with E-state index in [0.29, 0.717) is 5.69 Å². The zero-order chi connectivity index (χ0) is 15.6. The molecule has 1 aromatic carbocycles. The molecule has 0 atom stereocenters. The van der Waals surface area contributed by atoms with Crippen molar-refractivity contribution in [3.63, 3.8) is 0 Å². The quantitative estimate of drug-likeness (QED) is 0.835. The second-order valence-electron chi connectivity index (χ2n) is 4.28. The minimum absolute atomic E-state index is 0.00891. The average molecular weight is 373 g/mol. The van der Waals surface area contributed by atoms with Gasteiger partial charge in [-0.1, -0.05) is 22.0 Å². The number of anilines is 1. The summed E-state index contributed by atoms with van der Waals surface area (Å²) in [6.07, 6.45) is 1.35. The third-order valence-corrected chi connectivity index (χ3v) is 4.60. The third kappa shape index (κ3) is 3.45. The number of carbonyl (C=O) groups excluding carboxylic acids is 1. The fourth-order valence-corrected chi connectivity index (χ4v) is 3.27. The molecule has 6 nitrogen and oxygen atoms in total. The number of aromatic nitrogens is 1. The van der Waals surface area contributed by atoms with Crippen molar-refractivity contribution in [3.8, 4) is 0 Å². The van der Waals surface area contributed by atoms with E-state index in [1.807, 2.05) is 0 Å². The molecule has 0 saturated heterocycles. The Morgan fingerprint density at radius 3 is 2.67 bits per heavy atom. The lowest BCUT2D eigenvalue weighted by molar-refractivity contribution is 0.0590. The lowest BCUT2D eigenvalue weighted by Gasteiger charge is -2.06. The summed E-state index contributed by atoms with van der Waals surface area (Å²) in [6.45, 7) is 0. The zero-order valence-corrected chi connectivity index (χ0v) is 13.7. The molecule has 0 fully saturated rings. The lowest BCUT2D eigenvalue weighted by atomic mass is 10.3. The van der Waals surface area contributed by atoms with Crippen LogP contribution >= 0.6 is 15.9 Å². The first-order valence-electron chi connectivity index (χ1n) is 5.86. The number of hydrogen-bond donors (Lipinski definition) is 1. The molecule has 1 N–H and O–H groups in total. The van der Waals surface area contributed by atoms with Crippen LogP contribution in [0.3, 0.4) is 0 Å². The molecule has 8 heteroatoms. The second-order valence-corrected chi connectivity index (χ2v) is 6.88. The van der Waals surface area contributed by atoms with E-state index >= 15 is 0 Å². The van der Waals surface area contributed by atoms with Gasteiger partial charge in [-0.3, -0.25) is 4.72 Å². The fourth-order valence-electron chi connectivity index (χ4n) is 1.75. The van der Waals surface area contributed by atoms with Gasteiger partial charge >= 0.3 is 5.97 Å². The summed E-state index contributed by atoms with van der Waals surface area (Å²) in [7, 11) is -0.960. The van der Waals surface area contributed by atoms with Gasteiger partial charge in [0.2, 0.25) is 0 Å². The SMILES string of the molecule is COC(=O)c1cc(S(=O)(=O)Nc2cccc(Br)c2)cn1C. The molecule has 0 aliphatic carbocycles. The van der Waals surface area contributed by atoms with E-state index in [1.54, 1.807) is 31.3 Å². The summed E-state index contributed by atoms with van der Waals surface area (Å²) < 4.78 is 33.8. The zero-order valence-electron chi connectivity index (χ0n) is 11.3. The molecule has 0 radical (unpaired) electrons. The average Bonchev–Trinajstić information content (AvgIpc) is 2.80. The number of nitrogens with zero attached hydrogens (tertiary/aromatic N) is 1. The highest BCUT2D eigenvalue weighted by Gasteiger charge is 2.21. The molecular formula is C13H13BrN2O4S. The van der Waals surface area contributed by atoms with E-state index in [2.05, 4.69) is 25.4 Å². The number of carbonyl (C=O) groups is 1. The number of benzene rings is 1. The van der Waals surface area contributed by atoms with Crippen molar-refractivity contribution < 1.29 is 17.9 Å². The number of esters is 1. The van der Waals surface area contributed by atoms with Crippen LogP contribution in [0.4, 0.5) is 5.69 Å². The van der Waals surface area contributed by atoms with Gasteiger partial charge in [-0.2, -0.15) is 0 Å². The fraction of sp³-hybridized carbons (Fsp3) is 0.154. The highest BCUT2D eigenvalue weighted by Crippen LogP contribution is 2.21.